The highest BCUT2D eigenvalue weighted by Gasteiger charge is 2.58. The van der Waals surface area contributed by atoms with Gasteiger partial charge in [-0.05, 0) is 19.5 Å². The molecule has 100 valence electrons. The lowest BCUT2D eigenvalue weighted by atomic mass is 9.57. The van der Waals surface area contributed by atoms with Gasteiger partial charge in [-0.25, -0.2) is 0 Å². The topological polar surface area (TPSA) is 24.5 Å². The van der Waals surface area contributed by atoms with Crippen LogP contribution < -0.4 is 5.32 Å². The molecule has 0 aromatic heterocycles. The van der Waals surface area contributed by atoms with Crippen LogP contribution in [0.4, 0.5) is 0 Å². The molecule has 1 aliphatic carbocycles. The monoisotopic (exact) mass is 240 g/mol. The van der Waals surface area contributed by atoms with Gasteiger partial charge in [-0.15, -0.1) is 0 Å². The number of ether oxygens (including phenoxy) is 1. The number of likely N-dealkylation sites (N-methyl/N-ethyl adjacent to an activating group) is 1. The minimum absolute atomic E-state index is 0.324. The Kier molecular flexibility index (Phi) is 4.11. The Morgan fingerprint density at radius 1 is 1.29 bits per heavy atom. The van der Waals surface area contributed by atoms with E-state index in [-0.39, 0.29) is 0 Å². The van der Waals surface area contributed by atoms with E-state index >= 15 is 0 Å². The van der Waals surface area contributed by atoms with E-state index in [4.69, 9.17) is 4.74 Å². The largest absolute Gasteiger partial charge is 0.377 e. The van der Waals surface area contributed by atoms with E-state index in [1.807, 2.05) is 0 Å². The molecule has 3 unspecified atom stereocenters. The smallest absolute Gasteiger partial charge is 0.0685 e. The summed E-state index contributed by atoms with van der Waals surface area (Å²) in [5.74, 6) is 0.765. The molecule has 2 fully saturated rings. The third-order valence-electron chi connectivity index (χ3n) is 4.79. The first-order chi connectivity index (χ1) is 8.11. The number of nitrogens with one attached hydrogen (secondary N) is 1. The van der Waals surface area contributed by atoms with Gasteiger partial charge in [0.25, 0.3) is 0 Å². The maximum Gasteiger partial charge on any atom is 0.0685 e. The molecule has 17 heavy (non-hydrogen) atoms. The van der Waals surface area contributed by atoms with Gasteiger partial charge in [-0.1, -0.05) is 27.7 Å². The summed E-state index contributed by atoms with van der Waals surface area (Å²) in [6.07, 6.45) is 1.75. The normalized spacial score (nSPS) is 34.8. The predicted octanol–water partition coefficient (Wildman–Crippen LogP) is 1.73. The summed E-state index contributed by atoms with van der Waals surface area (Å²) in [7, 11) is 0. The molecular weight excluding hydrogens is 212 g/mol. The van der Waals surface area contributed by atoms with Crippen LogP contribution >= 0.6 is 0 Å². The quantitative estimate of drug-likeness (QED) is 0.765. The average Bonchev–Trinajstić information content (AvgIpc) is 2.76. The average molecular weight is 240 g/mol. The van der Waals surface area contributed by atoms with Gasteiger partial charge in [-0.2, -0.15) is 0 Å². The Morgan fingerprint density at radius 3 is 2.65 bits per heavy atom. The summed E-state index contributed by atoms with van der Waals surface area (Å²) in [5.41, 5.74) is 0.324. The summed E-state index contributed by atoms with van der Waals surface area (Å²) < 4.78 is 5.82. The molecule has 2 aliphatic rings. The van der Waals surface area contributed by atoms with Crippen molar-refractivity contribution in [2.75, 3.05) is 32.8 Å². The SMILES string of the molecule is CCN(CC)CCNC1C2CCOC2C1(C)C. The second-order valence-electron chi connectivity index (χ2n) is 6.02. The van der Waals surface area contributed by atoms with Crippen molar-refractivity contribution >= 4 is 0 Å². The fourth-order valence-corrected chi connectivity index (χ4v) is 3.66. The van der Waals surface area contributed by atoms with Gasteiger partial charge >= 0.3 is 0 Å². The van der Waals surface area contributed by atoms with E-state index in [1.54, 1.807) is 0 Å². The molecule has 3 heteroatoms. The predicted molar refractivity (Wildman–Crippen MR) is 71.2 cm³/mol. The molecule has 1 saturated carbocycles. The van der Waals surface area contributed by atoms with Crippen molar-refractivity contribution < 1.29 is 4.74 Å². The second-order valence-corrected chi connectivity index (χ2v) is 6.02. The van der Waals surface area contributed by atoms with Crippen LogP contribution in [0.5, 0.6) is 0 Å². The Morgan fingerprint density at radius 2 is 2.00 bits per heavy atom. The number of fused-ring (bicyclic) bond motifs is 1. The van der Waals surface area contributed by atoms with Crippen molar-refractivity contribution in [3.8, 4) is 0 Å². The van der Waals surface area contributed by atoms with E-state index in [9.17, 15) is 0 Å². The maximum absolute atomic E-state index is 5.82. The third-order valence-corrected chi connectivity index (χ3v) is 4.79. The van der Waals surface area contributed by atoms with Crippen LogP contribution in [-0.4, -0.2) is 49.8 Å². The fourth-order valence-electron chi connectivity index (χ4n) is 3.66. The van der Waals surface area contributed by atoms with Crippen LogP contribution in [0.1, 0.15) is 34.1 Å². The second kappa shape index (κ2) is 5.25. The summed E-state index contributed by atoms with van der Waals surface area (Å²) >= 11 is 0. The van der Waals surface area contributed by atoms with Gasteiger partial charge < -0.3 is 15.0 Å². The van der Waals surface area contributed by atoms with Crippen molar-refractivity contribution in [3.05, 3.63) is 0 Å². The first-order valence-electron chi connectivity index (χ1n) is 7.18. The van der Waals surface area contributed by atoms with Gasteiger partial charge in [0.1, 0.15) is 0 Å². The standard InChI is InChI=1S/C14H28N2O/c1-5-16(6-2)9-8-15-12-11-7-10-17-13(11)14(12,3)4/h11-13,15H,5-10H2,1-4H3. The molecule has 1 aliphatic heterocycles. The van der Waals surface area contributed by atoms with E-state index in [1.165, 1.54) is 6.42 Å². The van der Waals surface area contributed by atoms with E-state index in [0.29, 0.717) is 17.6 Å². The third kappa shape index (κ3) is 2.38. The minimum Gasteiger partial charge on any atom is -0.377 e. The molecular formula is C14H28N2O. The first kappa shape index (κ1) is 13.3. The summed E-state index contributed by atoms with van der Waals surface area (Å²) in [4.78, 5) is 2.47. The number of hydrogen-bond donors (Lipinski definition) is 1. The van der Waals surface area contributed by atoms with Gasteiger partial charge in [0.05, 0.1) is 6.10 Å². The van der Waals surface area contributed by atoms with Crippen molar-refractivity contribution in [1.29, 1.82) is 0 Å². The lowest BCUT2D eigenvalue weighted by Crippen LogP contribution is -2.66. The molecule has 0 aromatic carbocycles. The highest BCUT2D eigenvalue weighted by Crippen LogP contribution is 2.51. The Hall–Kier alpha value is -0.120. The molecule has 0 amide bonds. The van der Waals surface area contributed by atoms with E-state index in [2.05, 4.69) is 37.9 Å². The minimum atomic E-state index is 0.324. The van der Waals surface area contributed by atoms with Crippen LogP contribution in [0.25, 0.3) is 0 Å². The molecule has 2 rings (SSSR count). The fraction of sp³-hybridized carbons (Fsp3) is 1.00. The summed E-state index contributed by atoms with van der Waals surface area (Å²) in [6, 6.07) is 0.658. The van der Waals surface area contributed by atoms with Crippen LogP contribution in [0, 0.1) is 11.3 Å². The molecule has 0 bridgehead atoms. The van der Waals surface area contributed by atoms with Gasteiger partial charge in [0.15, 0.2) is 0 Å². The van der Waals surface area contributed by atoms with Crippen molar-refractivity contribution in [1.82, 2.24) is 10.2 Å². The zero-order valence-electron chi connectivity index (χ0n) is 11.8. The molecule has 3 atom stereocenters. The number of nitrogens with zero attached hydrogens (tertiary/aromatic N) is 1. The van der Waals surface area contributed by atoms with Crippen molar-refractivity contribution in [2.24, 2.45) is 11.3 Å². The zero-order chi connectivity index (χ0) is 12.5. The molecule has 0 aromatic rings. The Labute approximate surface area is 106 Å². The van der Waals surface area contributed by atoms with Gasteiger partial charge in [-0.3, -0.25) is 0 Å². The van der Waals surface area contributed by atoms with Crippen LogP contribution in [0.15, 0.2) is 0 Å². The van der Waals surface area contributed by atoms with Crippen LogP contribution in [0.3, 0.4) is 0 Å². The summed E-state index contributed by atoms with van der Waals surface area (Å²) in [6.45, 7) is 14.7. The van der Waals surface area contributed by atoms with Gasteiger partial charge in [0.2, 0.25) is 0 Å². The highest BCUT2D eigenvalue weighted by molar-refractivity contribution is 5.11. The van der Waals surface area contributed by atoms with Gasteiger partial charge in [0, 0.05) is 37.1 Å². The molecule has 1 heterocycles. The number of rotatable bonds is 6. The van der Waals surface area contributed by atoms with Crippen molar-refractivity contribution in [2.45, 2.75) is 46.3 Å². The van der Waals surface area contributed by atoms with Crippen LogP contribution in [0.2, 0.25) is 0 Å². The molecule has 0 spiro atoms. The lowest BCUT2D eigenvalue weighted by molar-refractivity contribution is -0.112. The van der Waals surface area contributed by atoms with E-state index < -0.39 is 0 Å². The molecule has 1 saturated heterocycles. The van der Waals surface area contributed by atoms with E-state index in [0.717, 1.165) is 38.7 Å². The lowest BCUT2D eigenvalue weighted by Gasteiger charge is -2.55. The number of hydrogen-bond acceptors (Lipinski definition) is 3. The van der Waals surface area contributed by atoms with Crippen LogP contribution in [-0.2, 0) is 4.74 Å². The molecule has 3 nitrogen and oxygen atoms in total. The summed E-state index contributed by atoms with van der Waals surface area (Å²) in [5, 5.41) is 3.76. The highest BCUT2D eigenvalue weighted by atomic mass is 16.5. The first-order valence-corrected chi connectivity index (χ1v) is 7.18. The maximum atomic E-state index is 5.82. The van der Waals surface area contributed by atoms with Crippen molar-refractivity contribution in [3.63, 3.8) is 0 Å². The molecule has 0 radical (unpaired) electrons. The Balaban J connectivity index is 1.76. The Bertz CT molecular complexity index is 251. The molecule has 1 N–H and O–H groups in total. The zero-order valence-corrected chi connectivity index (χ0v) is 11.8.